The average Bonchev–Trinajstić information content (AvgIpc) is 2.73. The Morgan fingerprint density at radius 2 is 1.89 bits per heavy atom. The molecule has 2 N–H and O–H groups in total. The van der Waals surface area contributed by atoms with Gasteiger partial charge in [-0.05, 0) is 20.8 Å². The fraction of sp³-hybridized carbons (Fsp3) is 0.667. The van der Waals surface area contributed by atoms with E-state index in [9.17, 15) is 9.59 Å². The fourth-order valence-electron chi connectivity index (χ4n) is 2.22. The van der Waals surface area contributed by atoms with Crippen molar-refractivity contribution in [2.24, 2.45) is 5.92 Å². The SMILES string of the molecule is CC(C)(C)OC(=O)N[C@@H]1[C@@H](C(=O)O)[C@H]2C=C[C@@H]1O2. The van der Waals surface area contributed by atoms with Gasteiger partial charge in [0.1, 0.15) is 11.5 Å². The lowest BCUT2D eigenvalue weighted by molar-refractivity contribution is -0.143. The Morgan fingerprint density at radius 3 is 2.44 bits per heavy atom. The fourth-order valence-corrected chi connectivity index (χ4v) is 2.22. The van der Waals surface area contributed by atoms with Crippen LogP contribution in [0.1, 0.15) is 20.8 Å². The van der Waals surface area contributed by atoms with Gasteiger partial charge in [-0.15, -0.1) is 0 Å². The van der Waals surface area contributed by atoms with Crippen LogP contribution in [0.15, 0.2) is 12.2 Å². The van der Waals surface area contributed by atoms with Crippen molar-refractivity contribution in [3.05, 3.63) is 12.2 Å². The zero-order chi connectivity index (χ0) is 13.5. The largest absolute Gasteiger partial charge is 0.481 e. The topological polar surface area (TPSA) is 84.9 Å². The Morgan fingerprint density at radius 1 is 1.28 bits per heavy atom. The average molecular weight is 255 g/mol. The summed E-state index contributed by atoms with van der Waals surface area (Å²) in [4.78, 5) is 22.8. The molecule has 0 saturated carbocycles. The van der Waals surface area contributed by atoms with Crippen molar-refractivity contribution in [1.29, 1.82) is 0 Å². The van der Waals surface area contributed by atoms with Gasteiger partial charge in [0.15, 0.2) is 0 Å². The first-order valence-corrected chi connectivity index (χ1v) is 5.84. The van der Waals surface area contributed by atoms with Crippen LogP contribution in [0, 0.1) is 5.92 Å². The van der Waals surface area contributed by atoms with E-state index in [1.165, 1.54) is 0 Å². The number of rotatable bonds is 2. The summed E-state index contributed by atoms with van der Waals surface area (Å²) in [5.41, 5.74) is -0.614. The molecule has 4 atom stereocenters. The Balaban J connectivity index is 2.02. The minimum Gasteiger partial charge on any atom is -0.481 e. The maximum Gasteiger partial charge on any atom is 0.407 e. The molecule has 18 heavy (non-hydrogen) atoms. The highest BCUT2D eigenvalue weighted by Gasteiger charge is 2.50. The molecule has 2 aliphatic rings. The van der Waals surface area contributed by atoms with Gasteiger partial charge in [-0.3, -0.25) is 4.79 Å². The number of carboxylic acid groups (broad SMARTS) is 1. The summed E-state index contributed by atoms with van der Waals surface area (Å²) in [6, 6.07) is -0.577. The van der Waals surface area contributed by atoms with E-state index in [0.29, 0.717) is 0 Å². The van der Waals surface area contributed by atoms with Crippen molar-refractivity contribution in [3.8, 4) is 0 Å². The van der Waals surface area contributed by atoms with Crippen molar-refractivity contribution in [3.63, 3.8) is 0 Å². The number of hydrogen-bond donors (Lipinski definition) is 2. The summed E-state index contributed by atoms with van der Waals surface area (Å²) < 4.78 is 10.5. The summed E-state index contributed by atoms with van der Waals surface area (Å²) in [6.07, 6.45) is 2.02. The first kappa shape index (κ1) is 12.9. The van der Waals surface area contributed by atoms with E-state index in [2.05, 4.69) is 5.32 Å². The molecule has 1 amide bonds. The van der Waals surface area contributed by atoms with Crippen LogP contribution in [0.5, 0.6) is 0 Å². The minimum absolute atomic E-state index is 0.386. The van der Waals surface area contributed by atoms with Crippen LogP contribution in [-0.2, 0) is 14.3 Å². The van der Waals surface area contributed by atoms with Crippen molar-refractivity contribution in [1.82, 2.24) is 5.32 Å². The second-order valence-electron chi connectivity index (χ2n) is 5.49. The zero-order valence-corrected chi connectivity index (χ0v) is 10.5. The number of aliphatic carboxylic acids is 1. The molecule has 2 aliphatic heterocycles. The molecule has 6 heteroatoms. The number of ether oxygens (including phenoxy) is 2. The first-order valence-electron chi connectivity index (χ1n) is 5.84. The van der Waals surface area contributed by atoms with Gasteiger partial charge in [0, 0.05) is 0 Å². The highest BCUT2D eigenvalue weighted by atomic mass is 16.6. The number of amides is 1. The second-order valence-corrected chi connectivity index (χ2v) is 5.49. The molecule has 0 spiro atoms. The molecule has 1 fully saturated rings. The van der Waals surface area contributed by atoms with Crippen LogP contribution in [0.3, 0.4) is 0 Å². The molecular weight excluding hydrogens is 238 g/mol. The molecule has 2 rings (SSSR count). The summed E-state index contributed by atoms with van der Waals surface area (Å²) in [5.74, 6) is -1.74. The number of nitrogens with one attached hydrogen (secondary N) is 1. The van der Waals surface area contributed by atoms with Gasteiger partial charge in [0.25, 0.3) is 0 Å². The normalized spacial score (nSPS) is 33.5. The third kappa shape index (κ3) is 2.48. The van der Waals surface area contributed by atoms with Crippen molar-refractivity contribution in [2.45, 2.75) is 44.6 Å². The Hall–Kier alpha value is -1.56. The molecular formula is C12H17NO5. The second kappa shape index (κ2) is 4.28. The van der Waals surface area contributed by atoms with E-state index >= 15 is 0 Å². The maximum absolute atomic E-state index is 11.7. The van der Waals surface area contributed by atoms with E-state index < -0.39 is 35.7 Å². The number of alkyl carbamates (subject to hydrolysis) is 1. The predicted molar refractivity (Wildman–Crippen MR) is 62.1 cm³/mol. The Labute approximate surface area is 105 Å². The van der Waals surface area contributed by atoms with E-state index in [-0.39, 0.29) is 6.10 Å². The van der Waals surface area contributed by atoms with Gasteiger partial charge in [0.2, 0.25) is 0 Å². The highest BCUT2D eigenvalue weighted by Crippen LogP contribution is 2.34. The van der Waals surface area contributed by atoms with Gasteiger partial charge >= 0.3 is 12.1 Å². The molecule has 0 aromatic carbocycles. The molecule has 0 unspecified atom stereocenters. The maximum atomic E-state index is 11.7. The lowest BCUT2D eigenvalue weighted by Crippen LogP contribution is -2.49. The van der Waals surface area contributed by atoms with E-state index in [4.69, 9.17) is 14.6 Å². The summed E-state index contributed by atoms with van der Waals surface area (Å²) in [7, 11) is 0. The summed E-state index contributed by atoms with van der Waals surface area (Å²) >= 11 is 0. The monoisotopic (exact) mass is 255 g/mol. The third-order valence-corrected chi connectivity index (χ3v) is 2.87. The van der Waals surface area contributed by atoms with E-state index in [0.717, 1.165) is 0 Å². The van der Waals surface area contributed by atoms with Crippen molar-refractivity contribution < 1.29 is 24.2 Å². The quantitative estimate of drug-likeness (QED) is 0.717. The van der Waals surface area contributed by atoms with Crippen LogP contribution in [0.25, 0.3) is 0 Å². The molecule has 0 aromatic heterocycles. The minimum atomic E-state index is -0.979. The van der Waals surface area contributed by atoms with Crippen LogP contribution in [0.4, 0.5) is 4.79 Å². The standard InChI is InChI=1S/C12H17NO5/c1-12(2,3)18-11(16)13-9-7-5-4-6(17-7)8(9)10(14)15/h4-9H,1-3H3,(H,13,16)(H,14,15)/t6-,7+,8+,9+/m1/s1. The van der Waals surface area contributed by atoms with Gasteiger partial charge in [-0.1, -0.05) is 12.2 Å². The summed E-state index contributed by atoms with van der Waals surface area (Å²) in [5, 5.41) is 11.7. The van der Waals surface area contributed by atoms with Crippen molar-refractivity contribution in [2.75, 3.05) is 0 Å². The first-order chi connectivity index (χ1) is 8.28. The molecule has 2 heterocycles. The molecule has 0 radical (unpaired) electrons. The number of carboxylic acids is 1. The van der Waals surface area contributed by atoms with E-state index in [1.807, 2.05) is 0 Å². The zero-order valence-electron chi connectivity index (χ0n) is 10.5. The Bertz CT molecular complexity index is 398. The van der Waals surface area contributed by atoms with Gasteiger partial charge in [0.05, 0.1) is 18.2 Å². The number of fused-ring (bicyclic) bond motifs is 2. The molecule has 0 aliphatic carbocycles. The van der Waals surface area contributed by atoms with Crippen molar-refractivity contribution >= 4 is 12.1 Å². The predicted octanol–water partition coefficient (Wildman–Crippen LogP) is 0.918. The van der Waals surface area contributed by atoms with Crippen LogP contribution in [0.2, 0.25) is 0 Å². The molecule has 0 aromatic rings. The summed E-state index contributed by atoms with van der Waals surface area (Å²) in [6.45, 7) is 5.25. The van der Waals surface area contributed by atoms with Gasteiger partial charge in [-0.25, -0.2) is 4.79 Å². The Kier molecular flexibility index (Phi) is 3.06. The van der Waals surface area contributed by atoms with Gasteiger partial charge < -0.3 is 19.9 Å². The highest BCUT2D eigenvalue weighted by molar-refractivity contribution is 5.76. The van der Waals surface area contributed by atoms with Crippen LogP contribution in [-0.4, -0.2) is 41.0 Å². The molecule has 100 valence electrons. The van der Waals surface area contributed by atoms with Crippen LogP contribution >= 0.6 is 0 Å². The lowest BCUT2D eigenvalue weighted by atomic mass is 9.89. The van der Waals surface area contributed by atoms with Gasteiger partial charge in [-0.2, -0.15) is 0 Å². The molecule has 1 saturated heterocycles. The lowest BCUT2D eigenvalue weighted by Gasteiger charge is -2.25. The number of carbonyl (C=O) groups excluding carboxylic acids is 1. The molecule has 6 nitrogen and oxygen atoms in total. The van der Waals surface area contributed by atoms with E-state index in [1.54, 1.807) is 32.9 Å². The third-order valence-electron chi connectivity index (χ3n) is 2.87. The number of hydrogen-bond acceptors (Lipinski definition) is 4. The number of carbonyl (C=O) groups is 2. The smallest absolute Gasteiger partial charge is 0.407 e. The van der Waals surface area contributed by atoms with Crippen LogP contribution < -0.4 is 5.32 Å². The molecule has 2 bridgehead atoms.